The zero-order chi connectivity index (χ0) is 14.7. The highest BCUT2D eigenvalue weighted by Gasteiger charge is 2.12. The van der Waals surface area contributed by atoms with E-state index >= 15 is 0 Å². The Morgan fingerprint density at radius 3 is 2.45 bits per heavy atom. The van der Waals surface area contributed by atoms with E-state index in [2.05, 4.69) is 0 Å². The minimum atomic E-state index is -1.07. The lowest BCUT2D eigenvalue weighted by molar-refractivity contribution is 0.0696. The van der Waals surface area contributed by atoms with E-state index < -0.39 is 5.97 Å². The summed E-state index contributed by atoms with van der Waals surface area (Å²) in [6.07, 6.45) is 0. The fourth-order valence-corrected chi connectivity index (χ4v) is 2.94. The van der Waals surface area contributed by atoms with Crippen LogP contribution in [0.15, 0.2) is 52.3 Å². The van der Waals surface area contributed by atoms with Crippen LogP contribution in [0.25, 0.3) is 0 Å². The van der Waals surface area contributed by atoms with Gasteiger partial charge in [-0.2, -0.15) is 0 Å². The minimum absolute atomic E-state index is 0.0273. The first kappa shape index (κ1) is 14.6. The lowest BCUT2D eigenvalue weighted by Crippen LogP contribution is -1.98. The van der Waals surface area contributed by atoms with Gasteiger partial charge in [-0.3, -0.25) is 4.79 Å². The predicted molar refractivity (Wildman–Crippen MR) is 79.0 cm³/mol. The molecule has 0 aliphatic rings. The number of ketones is 1. The highest BCUT2D eigenvalue weighted by atomic mass is 35.5. The van der Waals surface area contributed by atoms with Crippen LogP contribution in [0.4, 0.5) is 0 Å². The van der Waals surface area contributed by atoms with Crippen molar-refractivity contribution in [3.8, 4) is 0 Å². The molecule has 3 nitrogen and oxygen atoms in total. The van der Waals surface area contributed by atoms with Crippen molar-refractivity contribution in [2.45, 2.75) is 16.7 Å². The number of Topliss-reactive ketones (excluding diaryl/α,β-unsaturated/α-hetero) is 1. The Kier molecular flexibility index (Phi) is 4.47. The lowest BCUT2D eigenvalue weighted by Gasteiger charge is -2.07. The molecule has 2 aromatic carbocycles. The summed E-state index contributed by atoms with van der Waals surface area (Å²) in [6.45, 7) is 1.50. The zero-order valence-electron chi connectivity index (χ0n) is 10.6. The maximum absolute atomic E-state index is 11.6. The van der Waals surface area contributed by atoms with E-state index in [0.717, 1.165) is 9.79 Å². The van der Waals surface area contributed by atoms with E-state index in [0.29, 0.717) is 5.56 Å². The van der Waals surface area contributed by atoms with Gasteiger partial charge < -0.3 is 5.11 Å². The third-order valence-electron chi connectivity index (χ3n) is 2.66. The average Bonchev–Trinajstić information content (AvgIpc) is 2.41. The molecular formula is C15H11ClO3S. The summed E-state index contributed by atoms with van der Waals surface area (Å²) in [5.74, 6) is -1.10. The van der Waals surface area contributed by atoms with Gasteiger partial charge in [0.15, 0.2) is 5.78 Å². The van der Waals surface area contributed by atoms with Crippen LogP contribution in [0.3, 0.4) is 0 Å². The number of carbonyl (C=O) groups excluding carboxylic acids is 1. The lowest BCUT2D eigenvalue weighted by atomic mass is 10.1. The molecule has 0 amide bonds. The first-order chi connectivity index (χ1) is 9.49. The van der Waals surface area contributed by atoms with E-state index in [4.69, 9.17) is 16.7 Å². The molecular weight excluding hydrogens is 296 g/mol. The van der Waals surface area contributed by atoms with Crippen LogP contribution in [0.1, 0.15) is 27.6 Å². The molecule has 0 aromatic heterocycles. The Morgan fingerprint density at radius 1 is 1.10 bits per heavy atom. The average molecular weight is 307 g/mol. The van der Waals surface area contributed by atoms with Crippen molar-refractivity contribution in [3.05, 3.63) is 58.6 Å². The first-order valence-electron chi connectivity index (χ1n) is 5.79. The van der Waals surface area contributed by atoms with Gasteiger partial charge in [0.05, 0.1) is 10.6 Å². The smallest absolute Gasteiger partial charge is 0.337 e. The van der Waals surface area contributed by atoms with Crippen LogP contribution in [0.5, 0.6) is 0 Å². The van der Waals surface area contributed by atoms with Crippen LogP contribution in [0.2, 0.25) is 5.02 Å². The van der Waals surface area contributed by atoms with Crippen molar-refractivity contribution in [1.82, 2.24) is 0 Å². The molecule has 0 bridgehead atoms. The van der Waals surface area contributed by atoms with Crippen LogP contribution < -0.4 is 0 Å². The Hall–Kier alpha value is -1.78. The maximum atomic E-state index is 11.6. The van der Waals surface area contributed by atoms with Crippen LogP contribution >= 0.6 is 23.4 Å². The van der Waals surface area contributed by atoms with E-state index in [1.54, 1.807) is 24.3 Å². The Labute approximate surface area is 125 Å². The van der Waals surface area contributed by atoms with Crippen molar-refractivity contribution in [1.29, 1.82) is 0 Å². The molecule has 0 atom stereocenters. The highest BCUT2D eigenvalue weighted by Crippen LogP contribution is 2.32. The number of aromatic carboxylic acids is 1. The van der Waals surface area contributed by atoms with Gasteiger partial charge >= 0.3 is 5.97 Å². The summed E-state index contributed by atoms with van der Waals surface area (Å²) in [5, 5.41) is 9.25. The molecule has 0 saturated heterocycles. The molecule has 0 radical (unpaired) electrons. The molecule has 5 heteroatoms. The van der Waals surface area contributed by atoms with Gasteiger partial charge in [-0.05, 0) is 31.2 Å². The van der Waals surface area contributed by atoms with Gasteiger partial charge in [-0.1, -0.05) is 41.6 Å². The van der Waals surface area contributed by atoms with E-state index in [1.165, 1.54) is 24.8 Å². The third-order valence-corrected chi connectivity index (χ3v) is 4.06. The normalized spacial score (nSPS) is 10.3. The molecule has 20 heavy (non-hydrogen) atoms. The molecule has 1 N–H and O–H groups in total. The SMILES string of the molecule is CC(=O)c1ccccc1Sc1ccc(Cl)c(C(=O)O)c1. The molecule has 2 aromatic rings. The monoisotopic (exact) mass is 306 g/mol. The van der Waals surface area contributed by atoms with Crippen molar-refractivity contribution in [2.24, 2.45) is 0 Å². The number of halogens is 1. The van der Waals surface area contributed by atoms with Crippen LogP contribution in [0, 0.1) is 0 Å². The van der Waals surface area contributed by atoms with E-state index in [-0.39, 0.29) is 16.4 Å². The summed E-state index contributed by atoms with van der Waals surface area (Å²) >= 11 is 7.17. The summed E-state index contributed by atoms with van der Waals surface area (Å²) in [5.41, 5.74) is 0.668. The van der Waals surface area contributed by atoms with Crippen molar-refractivity contribution in [2.75, 3.05) is 0 Å². The van der Waals surface area contributed by atoms with Gasteiger partial charge in [-0.15, -0.1) is 0 Å². The van der Waals surface area contributed by atoms with Crippen molar-refractivity contribution < 1.29 is 14.7 Å². The Bertz CT molecular complexity index is 683. The molecule has 0 aliphatic heterocycles. The topological polar surface area (TPSA) is 54.4 Å². The largest absolute Gasteiger partial charge is 0.478 e. The number of rotatable bonds is 4. The Balaban J connectivity index is 2.38. The molecule has 0 saturated carbocycles. The summed E-state index contributed by atoms with van der Waals surface area (Å²) in [7, 11) is 0. The number of carbonyl (C=O) groups is 2. The quantitative estimate of drug-likeness (QED) is 0.851. The molecule has 0 unspecified atom stereocenters. The van der Waals surface area contributed by atoms with E-state index in [9.17, 15) is 9.59 Å². The van der Waals surface area contributed by atoms with Gasteiger partial charge in [-0.25, -0.2) is 4.79 Å². The second-order valence-electron chi connectivity index (χ2n) is 4.10. The van der Waals surface area contributed by atoms with Crippen LogP contribution in [-0.2, 0) is 0 Å². The molecule has 102 valence electrons. The minimum Gasteiger partial charge on any atom is -0.478 e. The molecule has 0 spiro atoms. The van der Waals surface area contributed by atoms with Crippen molar-refractivity contribution >= 4 is 35.1 Å². The molecule has 2 rings (SSSR count). The summed E-state index contributed by atoms with van der Waals surface area (Å²) in [6, 6.07) is 12.0. The zero-order valence-corrected chi connectivity index (χ0v) is 12.2. The predicted octanol–water partition coefficient (Wildman–Crippen LogP) is 4.39. The molecule has 0 heterocycles. The fraction of sp³-hybridized carbons (Fsp3) is 0.0667. The fourth-order valence-electron chi connectivity index (χ4n) is 1.71. The number of carboxylic acid groups (broad SMARTS) is 1. The standard InChI is InChI=1S/C15H11ClO3S/c1-9(17)11-4-2-3-5-14(11)20-10-6-7-13(16)12(8-10)15(18)19/h2-8H,1H3,(H,18,19). The third kappa shape index (κ3) is 3.21. The maximum Gasteiger partial charge on any atom is 0.337 e. The Morgan fingerprint density at radius 2 is 1.80 bits per heavy atom. The van der Waals surface area contributed by atoms with Gasteiger partial charge in [0.2, 0.25) is 0 Å². The molecule has 0 aliphatic carbocycles. The van der Waals surface area contributed by atoms with E-state index in [1.807, 2.05) is 12.1 Å². The van der Waals surface area contributed by atoms with Gasteiger partial charge in [0.1, 0.15) is 0 Å². The second kappa shape index (κ2) is 6.11. The number of benzene rings is 2. The number of carboxylic acids is 1. The summed E-state index contributed by atoms with van der Waals surface area (Å²) < 4.78 is 0. The highest BCUT2D eigenvalue weighted by molar-refractivity contribution is 7.99. The first-order valence-corrected chi connectivity index (χ1v) is 6.99. The second-order valence-corrected chi connectivity index (χ2v) is 5.62. The van der Waals surface area contributed by atoms with Crippen LogP contribution in [-0.4, -0.2) is 16.9 Å². The number of hydrogen-bond donors (Lipinski definition) is 1. The number of hydrogen-bond acceptors (Lipinski definition) is 3. The molecule has 0 fully saturated rings. The summed E-state index contributed by atoms with van der Waals surface area (Å²) in [4.78, 5) is 24.1. The van der Waals surface area contributed by atoms with Crippen molar-refractivity contribution in [3.63, 3.8) is 0 Å². The van der Waals surface area contributed by atoms with Gasteiger partial charge in [0, 0.05) is 15.4 Å². The van der Waals surface area contributed by atoms with Gasteiger partial charge in [0.25, 0.3) is 0 Å².